The van der Waals surface area contributed by atoms with E-state index < -0.39 is 40.1 Å². The van der Waals surface area contributed by atoms with Gasteiger partial charge < -0.3 is 14.8 Å². The molecule has 1 fully saturated rings. The maximum atomic E-state index is 15.9. The van der Waals surface area contributed by atoms with Gasteiger partial charge in [0.25, 0.3) is 0 Å². The van der Waals surface area contributed by atoms with Crippen molar-refractivity contribution in [1.82, 2.24) is 9.58 Å². The third-order valence-electron chi connectivity index (χ3n) is 7.77. The van der Waals surface area contributed by atoms with E-state index in [2.05, 4.69) is 20.5 Å². The number of aliphatic carboxylic acids is 2. The maximum Gasteiger partial charge on any atom is 0.319 e. The van der Waals surface area contributed by atoms with Crippen molar-refractivity contribution in [2.24, 2.45) is 27.3 Å². The van der Waals surface area contributed by atoms with Gasteiger partial charge in [-0.3, -0.25) is 14.6 Å². The summed E-state index contributed by atoms with van der Waals surface area (Å²) in [5.41, 5.74) is -2.34. The lowest BCUT2D eigenvalue weighted by Crippen LogP contribution is -2.60. The summed E-state index contributed by atoms with van der Waals surface area (Å²) < 4.78 is 18.9. The Bertz CT molecular complexity index is 1320. The lowest BCUT2D eigenvalue weighted by molar-refractivity contribution is -0.154. The van der Waals surface area contributed by atoms with E-state index in [1.165, 1.54) is 11.9 Å². The van der Waals surface area contributed by atoms with Crippen LogP contribution in [0, 0.1) is 22.2 Å². The van der Waals surface area contributed by atoms with Gasteiger partial charge in [-0.2, -0.15) is 5.10 Å². The van der Waals surface area contributed by atoms with Gasteiger partial charge in [-0.25, -0.2) is 4.39 Å². The van der Waals surface area contributed by atoms with Gasteiger partial charge in [-0.05, 0) is 55.4 Å². The van der Waals surface area contributed by atoms with Crippen molar-refractivity contribution in [3.05, 3.63) is 46.3 Å². The Kier molecular flexibility index (Phi) is 5.26. The Labute approximate surface area is 211 Å². The highest BCUT2D eigenvalue weighted by molar-refractivity contribution is 9.10. The minimum atomic E-state index is -1.74. The second-order valence-electron chi connectivity index (χ2n) is 11.4. The molecule has 2 aromatic rings. The van der Waals surface area contributed by atoms with Crippen LogP contribution in [0.4, 0.5) is 4.39 Å². The maximum absolute atomic E-state index is 15.9. The highest BCUT2D eigenvalue weighted by Gasteiger charge is 2.67. The number of carbonyl (C=O) groups is 2. The van der Waals surface area contributed by atoms with Crippen molar-refractivity contribution in [1.29, 1.82) is 0 Å². The number of nitrogens with zero attached hydrogens (tertiary/aromatic N) is 3. The number of rotatable bonds is 5. The first-order chi connectivity index (χ1) is 16.3. The number of hydrogen-bond donors (Lipinski definition) is 2. The summed E-state index contributed by atoms with van der Waals surface area (Å²) in [6.07, 6.45) is 3.27. The van der Waals surface area contributed by atoms with Crippen LogP contribution in [0.15, 0.2) is 45.7 Å². The normalized spacial score (nSPS) is 28.6. The molecule has 0 radical (unpaired) electrons. The van der Waals surface area contributed by atoms with E-state index in [4.69, 9.17) is 5.10 Å². The lowest BCUT2D eigenvalue weighted by atomic mass is 9.58. The van der Waals surface area contributed by atoms with Gasteiger partial charge in [0.2, 0.25) is 0 Å². The van der Waals surface area contributed by atoms with Crippen molar-refractivity contribution >= 4 is 44.5 Å². The minimum Gasteiger partial charge on any atom is -0.481 e. The fraction of sp³-hybridized carbons (Fsp3) is 0.500. The molecule has 2 N–H and O–H groups in total. The Hall–Kier alpha value is -2.68. The fourth-order valence-corrected chi connectivity index (χ4v) is 6.07. The van der Waals surface area contributed by atoms with E-state index >= 15 is 4.39 Å². The summed E-state index contributed by atoms with van der Waals surface area (Å²) in [5.74, 6) is -2.64. The molecule has 3 heterocycles. The number of halogens is 2. The number of carboxylic acid groups (broad SMARTS) is 2. The second kappa shape index (κ2) is 7.66. The zero-order chi connectivity index (χ0) is 25.5. The van der Waals surface area contributed by atoms with Crippen LogP contribution in [-0.2, 0) is 16.1 Å². The minimum absolute atomic E-state index is 0.122. The van der Waals surface area contributed by atoms with E-state index in [9.17, 15) is 19.8 Å². The zero-order valence-electron chi connectivity index (χ0n) is 20.2. The number of hydrogen-bond acceptors (Lipinski definition) is 4. The predicted molar refractivity (Wildman–Crippen MR) is 134 cm³/mol. The van der Waals surface area contributed by atoms with Gasteiger partial charge in [0, 0.05) is 21.9 Å². The Morgan fingerprint density at radius 2 is 1.89 bits per heavy atom. The number of aromatic nitrogens is 1. The molecule has 0 spiro atoms. The fourth-order valence-electron chi connectivity index (χ4n) is 5.73. The summed E-state index contributed by atoms with van der Waals surface area (Å²) in [7, 11) is 0. The van der Waals surface area contributed by atoms with Gasteiger partial charge in [0.15, 0.2) is 0 Å². The first-order valence-electron chi connectivity index (χ1n) is 11.8. The molecule has 0 bridgehead atoms. The van der Waals surface area contributed by atoms with Gasteiger partial charge in [0.1, 0.15) is 28.4 Å². The molecule has 35 heavy (non-hydrogen) atoms. The average Bonchev–Trinajstić information content (AvgIpc) is 3.38. The van der Waals surface area contributed by atoms with Crippen LogP contribution in [-0.4, -0.2) is 50.0 Å². The number of hydrazone groups is 1. The summed E-state index contributed by atoms with van der Waals surface area (Å²) in [4.78, 5) is 25.2. The Balaban J connectivity index is 1.80. The molecule has 3 aliphatic rings. The Morgan fingerprint density at radius 1 is 1.20 bits per heavy atom. The molecule has 186 valence electrons. The molecule has 5 rings (SSSR count). The number of carboxylic acids is 2. The largest absolute Gasteiger partial charge is 0.481 e. The number of fused-ring (bicyclic) bond motifs is 2. The molecule has 1 aliphatic carbocycles. The van der Waals surface area contributed by atoms with E-state index in [0.717, 1.165) is 34.3 Å². The first-order valence-corrected chi connectivity index (χ1v) is 12.6. The molecule has 3 unspecified atom stereocenters. The quantitative estimate of drug-likeness (QED) is 0.533. The van der Waals surface area contributed by atoms with Crippen LogP contribution in [0.5, 0.6) is 0 Å². The van der Waals surface area contributed by atoms with E-state index in [0.29, 0.717) is 18.2 Å². The van der Waals surface area contributed by atoms with E-state index in [1.54, 1.807) is 20.8 Å². The van der Waals surface area contributed by atoms with Crippen LogP contribution in [0.25, 0.3) is 10.9 Å². The van der Waals surface area contributed by atoms with Crippen molar-refractivity contribution in [3.63, 3.8) is 0 Å². The molecule has 1 saturated carbocycles. The highest BCUT2D eigenvalue weighted by Crippen LogP contribution is 2.55. The SMILES string of the molecule is CC1(C(=O)O)C=C(F)C2N(C1)N=C(c1cc3ccc(Br)cc3n1CC1CC1)C2(C(=O)O)C(C)(C)C. The third kappa shape index (κ3) is 3.45. The first kappa shape index (κ1) is 24.0. The van der Waals surface area contributed by atoms with Gasteiger partial charge >= 0.3 is 11.9 Å². The monoisotopic (exact) mass is 545 g/mol. The topological polar surface area (TPSA) is 95.1 Å². The molecule has 1 aromatic heterocycles. The lowest BCUT2D eigenvalue weighted by Gasteiger charge is -2.46. The van der Waals surface area contributed by atoms with Crippen LogP contribution < -0.4 is 0 Å². The van der Waals surface area contributed by atoms with Crippen LogP contribution >= 0.6 is 15.9 Å². The van der Waals surface area contributed by atoms with Crippen molar-refractivity contribution < 1.29 is 24.2 Å². The molecule has 7 nitrogen and oxygen atoms in total. The molecule has 9 heteroatoms. The number of benzene rings is 1. The summed E-state index contributed by atoms with van der Waals surface area (Å²) in [6, 6.07) is 6.61. The molecule has 3 atom stereocenters. The zero-order valence-corrected chi connectivity index (χ0v) is 21.8. The Morgan fingerprint density at radius 3 is 2.46 bits per heavy atom. The third-order valence-corrected chi connectivity index (χ3v) is 8.27. The van der Waals surface area contributed by atoms with Gasteiger partial charge in [-0.1, -0.05) is 42.8 Å². The van der Waals surface area contributed by atoms with Gasteiger partial charge in [-0.15, -0.1) is 0 Å². The summed E-state index contributed by atoms with van der Waals surface area (Å²) >= 11 is 3.54. The van der Waals surface area contributed by atoms with Crippen molar-refractivity contribution in [3.8, 4) is 0 Å². The molecule has 0 saturated heterocycles. The molecular formula is C26H29BrFN3O4. The summed E-state index contributed by atoms with van der Waals surface area (Å²) in [6.45, 7) is 7.36. The molecule has 1 aromatic carbocycles. The van der Waals surface area contributed by atoms with Crippen LogP contribution in [0.2, 0.25) is 0 Å². The standard InChI is InChI=1S/C26H29BrFN3O4/c1-24(2,3)26(23(34)35)20(29-31-13-25(4,22(32)33)11-17(28)21(26)31)19-9-15-7-8-16(27)10-18(15)30(19)12-14-5-6-14/h7-11,14,21H,5-6,12-13H2,1-4H3,(H,32,33)(H,34,35). The van der Waals surface area contributed by atoms with Crippen LogP contribution in [0.3, 0.4) is 0 Å². The highest BCUT2D eigenvalue weighted by atomic mass is 79.9. The van der Waals surface area contributed by atoms with Crippen molar-refractivity contribution in [2.45, 2.75) is 53.1 Å². The summed E-state index contributed by atoms with van der Waals surface area (Å²) in [5, 5.41) is 27.6. The van der Waals surface area contributed by atoms with Gasteiger partial charge in [0.05, 0.1) is 12.2 Å². The molecule has 2 aliphatic heterocycles. The molecule has 0 amide bonds. The molecular weight excluding hydrogens is 517 g/mol. The van der Waals surface area contributed by atoms with E-state index in [-0.39, 0.29) is 12.3 Å². The average molecular weight is 546 g/mol. The smallest absolute Gasteiger partial charge is 0.319 e. The predicted octanol–water partition coefficient (Wildman–Crippen LogP) is 5.28. The van der Waals surface area contributed by atoms with Crippen molar-refractivity contribution in [2.75, 3.05) is 6.54 Å². The van der Waals surface area contributed by atoms with E-state index in [1.807, 2.05) is 24.3 Å². The van der Waals surface area contributed by atoms with Crippen LogP contribution in [0.1, 0.15) is 46.2 Å². The second-order valence-corrected chi connectivity index (χ2v) is 12.3.